The van der Waals surface area contributed by atoms with Gasteiger partial charge in [-0.05, 0) is 54.1 Å². The number of nitrogens with zero attached hydrogens (tertiary/aromatic N) is 4. The molecule has 12 heteroatoms. The third-order valence-electron chi connectivity index (χ3n) is 6.30. The van der Waals surface area contributed by atoms with Gasteiger partial charge in [0.05, 0.1) is 29.6 Å². The molecule has 0 saturated heterocycles. The number of halogens is 4. The fourth-order valence-electron chi connectivity index (χ4n) is 4.24. The maximum Gasteiger partial charge on any atom is 0.416 e. The van der Waals surface area contributed by atoms with Crippen LogP contribution in [0.4, 0.5) is 23.7 Å². The molecule has 3 amide bonds. The van der Waals surface area contributed by atoms with Crippen molar-refractivity contribution in [2.45, 2.75) is 18.6 Å². The van der Waals surface area contributed by atoms with Gasteiger partial charge in [0.15, 0.2) is 0 Å². The smallest absolute Gasteiger partial charge is 0.383 e. The summed E-state index contributed by atoms with van der Waals surface area (Å²) in [6.45, 7) is -0.113. The van der Waals surface area contributed by atoms with Crippen molar-refractivity contribution in [2.24, 2.45) is 12.1 Å². The van der Waals surface area contributed by atoms with Gasteiger partial charge in [-0.2, -0.15) is 18.3 Å². The van der Waals surface area contributed by atoms with Crippen molar-refractivity contribution in [2.75, 3.05) is 32.1 Å². The van der Waals surface area contributed by atoms with Crippen LogP contribution in [-0.4, -0.2) is 58.9 Å². The van der Waals surface area contributed by atoms with Crippen LogP contribution in [0.2, 0.25) is 5.02 Å². The highest BCUT2D eigenvalue weighted by Crippen LogP contribution is 2.34. The van der Waals surface area contributed by atoms with E-state index in [0.717, 1.165) is 35.5 Å². The molecule has 3 aromatic rings. The Morgan fingerprint density at radius 2 is 1.82 bits per heavy atom. The van der Waals surface area contributed by atoms with Crippen LogP contribution in [0.25, 0.3) is 0 Å². The zero-order valence-corrected chi connectivity index (χ0v) is 22.0. The lowest BCUT2D eigenvalue weighted by Crippen LogP contribution is -2.44. The van der Waals surface area contributed by atoms with E-state index in [1.807, 2.05) is 42.1 Å². The molecule has 0 spiro atoms. The predicted octanol–water partition coefficient (Wildman–Crippen LogP) is 5.56. The van der Waals surface area contributed by atoms with Crippen molar-refractivity contribution >= 4 is 34.9 Å². The number of hydrogen-bond acceptors (Lipinski definition) is 4. The largest absolute Gasteiger partial charge is 0.416 e. The Morgan fingerprint density at radius 1 is 1.13 bits per heavy atom. The maximum atomic E-state index is 13.6. The summed E-state index contributed by atoms with van der Waals surface area (Å²) in [6, 6.07) is 13.9. The number of carbonyl (C=O) groups is 2. The van der Waals surface area contributed by atoms with Gasteiger partial charge in [-0.1, -0.05) is 23.7 Å². The molecular weight excluding hydrogens is 535 g/mol. The summed E-state index contributed by atoms with van der Waals surface area (Å²) in [6.07, 6.45) is -2.15. The number of rotatable bonds is 8. The molecule has 1 aliphatic heterocycles. The van der Waals surface area contributed by atoms with Crippen molar-refractivity contribution < 1.29 is 27.5 Å². The first-order valence-electron chi connectivity index (χ1n) is 12.1. The molecule has 2 aromatic carbocycles. The second-order valence-corrected chi connectivity index (χ2v) is 9.42. The second kappa shape index (κ2) is 11.9. The third kappa shape index (κ3) is 6.79. The van der Waals surface area contributed by atoms with Gasteiger partial charge in [0.25, 0.3) is 5.91 Å². The SMILES string of the molecule is COCCN(CC(=O)N1N=C(c2cccn2C)C[C@@H]1c1ccc(Cl)cc1)C(=O)Nc1ccc(C(F)(F)F)cc1. The van der Waals surface area contributed by atoms with Crippen LogP contribution in [0.3, 0.4) is 0 Å². The lowest BCUT2D eigenvalue weighted by Gasteiger charge is -2.27. The van der Waals surface area contributed by atoms with Crippen molar-refractivity contribution in [3.8, 4) is 0 Å². The van der Waals surface area contributed by atoms with Crippen molar-refractivity contribution in [3.05, 3.63) is 88.7 Å². The summed E-state index contributed by atoms with van der Waals surface area (Å²) in [5, 5.41) is 9.12. The molecule has 0 bridgehead atoms. The molecular formula is C27H27ClF3N5O3. The molecule has 4 rings (SSSR count). The summed E-state index contributed by atoms with van der Waals surface area (Å²) in [7, 11) is 3.35. The number of benzene rings is 2. The minimum atomic E-state index is -4.49. The van der Waals surface area contributed by atoms with Gasteiger partial charge in [-0.3, -0.25) is 4.79 Å². The van der Waals surface area contributed by atoms with Gasteiger partial charge in [-0.15, -0.1) is 0 Å². The number of methoxy groups -OCH3 is 1. The monoisotopic (exact) mass is 561 g/mol. The lowest BCUT2D eigenvalue weighted by molar-refractivity contribution is -0.137. The van der Waals surface area contributed by atoms with Crippen molar-refractivity contribution in [1.82, 2.24) is 14.5 Å². The molecule has 0 fully saturated rings. The summed E-state index contributed by atoms with van der Waals surface area (Å²) in [5.74, 6) is -0.433. The van der Waals surface area contributed by atoms with Gasteiger partial charge >= 0.3 is 12.2 Å². The molecule has 39 heavy (non-hydrogen) atoms. The number of anilines is 1. The number of alkyl halides is 3. The molecule has 1 N–H and O–H groups in total. The first-order valence-corrected chi connectivity index (χ1v) is 12.4. The zero-order valence-electron chi connectivity index (χ0n) is 21.3. The number of hydrazone groups is 1. The van der Waals surface area contributed by atoms with Crippen LogP contribution in [0.15, 0.2) is 72.0 Å². The molecule has 0 radical (unpaired) electrons. The number of aromatic nitrogens is 1. The molecule has 0 unspecified atom stereocenters. The first-order chi connectivity index (χ1) is 18.6. The Kier molecular flexibility index (Phi) is 8.61. The van der Waals surface area contributed by atoms with Crippen LogP contribution >= 0.6 is 11.6 Å². The van der Waals surface area contributed by atoms with Gasteiger partial charge in [-0.25, -0.2) is 9.80 Å². The van der Waals surface area contributed by atoms with Gasteiger partial charge < -0.3 is 19.5 Å². The maximum absolute atomic E-state index is 13.6. The first kappa shape index (κ1) is 28.2. The molecule has 0 aliphatic carbocycles. The van der Waals surface area contributed by atoms with E-state index in [4.69, 9.17) is 16.3 Å². The minimum absolute atomic E-state index is 0.0720. The zero-order chi connectivity index (χ0) is 28.2. The molecule has 8 nitrogen and oxygen atoms in total. The van der Waals surface area contributed by atoms with E-state index in [2.05, 4.69) is 10.4 Å². The number of nitrogens with one attached hydrogen (secondary N) is 1. The molecule has 1 atom stereocenters. The quantitative estimate of drug-likeness (QED) is 0.391. The van der Waals surface area contributed by atoms with Crippen LogP contribution in [0.5, 0.6) is 0 Å². The molecule has 1 aliphatic rings. The highest BCUT2D eigenvalue weighted by molar-refractivity contribution is 6.30. The number of ether oxygens (including phenoxy) is 1. The number of carbonyl (C=O) groups excluding carboxylic acids is 2. The predicted molar refractivity (Wildman–Crippen MR) is 142 cm³/mol. The topological polar surface area (TPSA) is 79.2 Å². The van der Waals surface area contributed by atoms with Gasteiger partial charge in [0.2, 0.25) is 0 Å². The molecule has 1 aromatic heterocycles. The highest BCUT2D eigenvalue weighted by atomic mass is 35.5. The fraction of sp³-hybridized carbons (Fsp3) is 0.296. The van der Waals surface area contributed by atoms with Crippen LogP contribution < -0.4 is 5.32 Å². The van der Waals surface area contributed by atoms with Crippen LogP contribution in [0.1, 0.15) is 29.3 Å². The summed E-state index contributed by atoms with van der Waals surface area (Å²) >= 11 is 6.07. The van der Waals surface area contributed by atoms with Crippen LogP contribution in [-0.2, 0) is 22.8 Å². The molecule has 206 valence electrons. The van der Waals surface area contributed by atoms with E-state index >= 15 is 0 Å². The average Bonchev–Trinajstić information content (AvgIpc) is 3.53. The number of amides is 3. The lowest BCUT2D eigenvalue weighted by atomic mass is 10.0. The standard InChI is InChI=1S/C27H27ClF3N5O3/c1-34-13-3-4-23(34)22-16-24(18-5-9-20(28)10-6-18)36(33-22)25(37)17-35(14-15-39-2)26(38)32-21-11-7-19(8-12-21)27(29,30)31/h3-13,24H,14-17H2,1-2H3,(H,32,38)/t24-/m1/s1. The highest BCUT2D eigenvalue weighted by Gasteiger charge is 2.35. The van der Waals surface area contributed by atoms with E-state index in [1.165, 1.54) is 17.0 Å². The third-order valence-corrected chi connectivity index (χ3v) is 6.55. The van der Waals surface area contributed by atoms with E-state index in [0.29, 0.717) is 17.2 Å². The Bertz CT molecular complexity index is 1340. The molecule has 2 heterocycles. The minimum Gasteiger partial charge on any atom is -0.383 e. The Hall–Kier alpha value is -3.83. The Morgan fingerprint density at radius 3 is 2.41 bits per heavy atom. The Balaban J connectivity index is 1.55. The van der Waals surface area contributed by atoms with E-state index in [-0.39, 0.29) is 25.4 Å². The number of urea groups is 1. The summed E-state index contributed by atoms with van der Waals surface area (Å²) in [4.78, 5) is 27.9. The molecule has 0 saturated carbocycles. The van der Waals surface area contributed by atoms with E-state index < -0.39 is 29.7 Å². The van der Waals surface area contributed by atoms with Gasteiger partial charge in [0, 0.05) is 44.0 Å². The number of aryl methyl sites for hydroxylation is 1. The Labute approximate surface area is 228 Å². The summed E-state index contributed by atoms with van der Waals surface area (Å²) < 4.78 is 45.7. The van der Waals surface area contributed by atoms with E-state index in [9.17, 15) is 22.8 Å². The average molecular weight is 562 g/mol. The normalized spacial score (nSPS) is 15.3. The second-order valence-electron chi connectivity index (χ2n) is 8.98. The van der Waals surface area contributed by atoms with E-state index in [1.54, 1.807) is 12.1 Å². The number of hydrogen-bond donors (Lipinski definition) is 1. The van der Waals surface area contributed by atoms with Crippen molar-refractivity contribution in [1.29, 1.82) is 0 Å². The fourth-order valence-corrected chi connectivity index (χ4v) is 4.36. The summed E-state index contributed by atoms with van der Waals surface area (Å²) in [5.41, 5.74) is 1.74. The van der Waals surface area contributed by atoms with Crippen LogP contribution in [0, 0.1) is 0 Å². The van der Waals surface area contributed by atoms with Gasteiger partial charge in [0.1, 0.15) is 6.54 Å². The van der Waals surface area contributed by atoms with Crippen molar-refractivity contribution in [3.63, 3.8) is 0 Å².